The first kappa shape index (κ1) is 15.4. The molecule has 0 aliphatic heterocycles. The Hall–Kier alpha value is -1.02. The number of rotatable bonds is 4. The summed E-state index contributed by atoms with van der Waals surface area (Å²) < 4.78 is 6.21. The van der Waals surface area contributed by atoms with Gasteiger partial charge in [0.2, 0.25) is 0 Å². The molecule has 0 saturated heterocycles. The summed E-state index contributed by atoms with van der Waals surface area (Å²) in [6, 6.07) is 8.26. The third-order valence-corrected chi connectivity index (χ3v) is 4.64. The van der Waals surface area contributed by atoms with Gasteiger partial charge in [-0.2, -0.15) is 0 Å². The Morgan fingerprint density at radius 2 is 2.05 bits per heavy atom. The SMILES string of the molecule is CCC(C)c1ccccc1OC1CC(C)(C)CCC1O. The molecule has 1 aliphatic carbocycles. The number of benzene rings is 1. The van der Waals surface area contributed by atoms with Crippen LogP contribution in [0.3, 0.4) is 0 Å². The van der Waals surface area contributed by atoms with Gasteiger partial charge >= 0.3 is 0 Å². The highest BCUT2D eigenvalue weighted by atomic mass is 16.5. The molecule has 2 heteroatoms. The first-order valence-corrected chi connectivity index (χ1v) is 7.86. The monoisotopic (exact) mass is 276 g/mol. The van der Waals surface area contributed by atoms with Crippen LogP contribution in [0, 0.1) is 5.41 Å². The number of aliphatic hydroxyl groups excluding tert-OH is 1. The molecule has 0 bridgehead atoms. The van der Waals surface area contributed by atoms with Crippen molar-refractivity contribution in [2.24, 2.45) is 5.41 Å². The van der Waals surface area contributed by atoms with Crippen LogP contribution in [0.2, 0.25) is 0 Å². The van der Waals surface area contributed by atoms with E-state index in [4.69, 9.17) is 4.74 Å². The molecular formula is C18H28O2. The van der Waals surface area contributed by atoms with E-state index in [9.17, 15) is 5.11 Å². The Morgan fingerprint density at radius 3 is 2.75 bits per heavy atom. The van der Waals surface area contributed by atoms with Gasteiger partial charge in [0.1, 0.15) is 11.9 Å². The van der Waals surface area contributed by atoms with Crippen molar-refractivity contribution in [1.29, 1.82) is 0 Å². The lowest BCUT2D eigenvalue weighted by Crippen LogP contribution is -2.41. The fourth-order valence-corrected chi connectivity index (χ4v) is 3.01. The van der Waals surface area contributed by atoms with Crippen LogP contribution in [-0.2, 0) is 0 Å². The molecule has 1 saturated carbocycles. The van der Waals surface area contributed by atoms with Crippen LogP contribution in [0.25, 0.3) is 0 Å². The van der Waals surface area contributed by atoms with Gasteiger partial charge < -0.3 is 9.84 Å². The summed E-state index contributed by atoms with van der Waals surface area (Å²) in [6.45, 7) is 8.94. The second-order valence-corrected chi connectivity index (χ2v) is 6.98. The predicted molar refractivity (Wildman–Crippen MR) is 83.2 cm³/mol. The maximum atomic E-state index is 10.2. The normalized spacial score (nSPS) is 27.1. The zero-order chi connectivity index (χ0) is 14.8. The van der Waals surface area contributed by atoms with Crippen molar-refractivity contribution in [3.63, 3.8) is 0 Å². The Morgan fingerprint density at radius 1 is 1.35 bits per heavy atom. The first-order chi connectivity index (χ1) is 9.43. The minimum absolute atomic E-state index is 0.0797. The summed E-state index contributed by atoms with van der Waals surface area (Å²) in [7, 11) is 0. The van der Waals surface area contributed by atoms with Crippen LogP contribution >= 0.6 is 0 Å². The van der Waals surface area contributed by atoms with E-state index in [-0.39, 0.29) is 17.6 Å². The largest absolute Gasteiger partial charge is 0.487 e. The van der Waals surface area contributed by atoms with E-state index in [1.807, 2.05) is 12.1 Å². The molecule has 3 unspecified atom stereocenters. The van der Waals surface area contributed by atoms with Crippen LogP contribution in [0.4, 0.5) is 0 Å². The maximum Gasteiger partial charge on any atom is 0.125 e. The van der Waals surface area contributed by atoms with Crippen molar-refractivity contribution in [2.75, 3.05) is 0 Å². The van der Waals surface area contributed by atoms with Crippen LogP contribution in [0.15, 0.2) is 24.3 Å². The lowest BCUT2D eigenvalue weighted by atomic mass is 9.75. The first-order valence-electron chi connectivity index (χ1n) is 7.86. The van der Waals surface area contributed by atoms with Gasteiger partial charge in [0.05, 0.1) is 6.10 Å². The van der Waals surface area contributed by atoms with Crippen molar-refractivity contribution in [1.82, 2.24) is 0 Å². The molecular weight excluding hydrogens is 248 g/mol. The second kappa shape index (κ2) is 6.17. The van der Waals surface area contributed by atoms with E-state index < -0.39 is 0 Å². The second-order valence-electron chi connectivity index (χ2n) is 6.98. The fourth-order valence-electron chi connectivity index (χ4n) is 3.01. The third kappa shape index (κ3) is 3.54. The summed E-state index contributed by atoms with van der Waals surface area (Å²) in [5, 5.41) is 10.2. The average molecular weight is 276 g/mol. The van der Waals surface area contributed by atoms with Crippen molar-refractivity contribution >= 4 is 0 Å². The van der Waals surface area contributed by atoms with E-state index in [2.05, 4.69) is 39.8 Å². The highest BCUT2D eigenvalue weighted by molar-refractivity contribution is 5.36. The summed E-state index contributed by atoms with van der Waals surface area (Å²) in [6.07, 6.45) is 3.50. The van der Waals surface area contributed by atoms with E-state index in [0.717, 1.165) is 31.4 Å². The topological polar surface area (TPSA) is 29.5 Å². The summed E-state index contributed by atoms with van der Waals surface area (Å²) in [4.78, 5) is 0. The smallest absolute Gasteiger partial charge is 0.125 e. The van der Waals surface area contributed by atoms with Crippen LogP contribution in [-0.4, -0.2) is 17.3 Å². The van der Waals surface area contributed by atoms with E-state index >= 15 is 0 Å². The predicted octanol–water partition coefficient (Wildman–Crippen LogP) is 4.52. The molecule has 112 valence electrons. The molecule has 2 nitrogen and oxygen atoms in total. The standard InChI is InChI=1S/C18H28O2/c1-5-13(2)14-8-6-7-9-16(14)20-17-12-18(3,4)11-10-15(17)19/h6-9,13,15,17,19H,5,10-12H2,1-4H3. The number of para-hydroxylation sites is 1. The quantitative estimate of drug-likeness (QED) is 0.876. The summed E-state index contributed by atoms with van der Waals surface area (Å²) in [5.74, 6) is 1.43. The summed E-state index contributed by atoms with van der Waals surface area (Å²) >= 11 is 0. The van der Waals surface area contributed by atoms with Crippen molar-refractivity contribution in [3.05, 3.63) is 29.8 Å². The van der Waals surface area contributed by atoms with Crippen molar-refractivity contribution < 1.29 is 9.84 Å². The summed E-state index contributed by atoms with van der Waals surface area (Å²) in [5.41, 5.74) is 1.51. The van der Waals surface area contributed by atoms with E-state index in [0.29, 0.717) is 5.92 Å². The Bertz CT molecular complexity index is 439. The van der Waals surface area contributed by atoms with Crippen LogP contribution in [0.1, 0.15) is 64.9 Å². The van der Waals surface area contributed by atoms with Gasteiger partial charge in [-0.05, 0) is 48.6 Å². The molecule has 3 atom stereocenters. The number of ether oxygens (including phenoxy) is 1. The number of hydrogen-bond donors (Lipinski definition) is 1. The fraction of sp³-hybridized carbons (Fsp3) is 0.667. The van der Waals surface area contributed by atoms with E-state index in [1.165, 1.54) is 5.56 Å². The minimum atomic E-state index is -0.340. The molecule has 1 fully saturated rings. The maximum absolute atomic E-state index is 10.2. The lowest BCUT2D eigenvalue weighted by molar-refractivity contribution is -0.0309. The molecule has 1 aromatic carbocycles. The Kier molecular flexibility index (Phi) is 4.74. The van der Waals surface area contributed by atoms with Gasteiger partial charge in [-0.25, -0.2) is 0 Å². The molecule has 2 rings (SSSR count). The number of aliphatic hydroxyl groups is 1. The van der Waals surface area contributed by atoms with E-state index in [1.54, 1.807) is 0 Å². The number of hydrogen-bond acceptors (Lipinski definition) is 2. The van der Waals surface area contributed by atoms with Crippen LogP contribution < -0.4 is 4.74 Å². The van der Waals surface area contributed by atoms with Gasteiger partial charge in [-0.1, -0.05) is 45.9 Å². The van der Waals surface area contributed by atoms with Gasteiger partial charge in [-0.3, -0.25) is 0 Å². The molecule has 0 radical (unpaired) electrons. The van der Waals surface area contributed by atoms with Gasteiger partial charge in [0.15, 0.2) is 0 Å². The Labute approximate surface area is 123 Å². The lowest BCUT2D eigenvalue weighted by Gasteiger charge is -2.38. The van der Waals surface area contributed by atoms with Gasteiger partial charge in [-0.15, -0.1) is 0 Å². The Balaban J connectivity index is 2.17. The van der Waals surface area contributed by atoms with Gasteiger partial charge in [0, 0.05) is 0 Å². The average Bonchev–Trinajstić information content (AvgIpc) is 2.42. The molecule has 0 spiro atoms. The van der Waals surface area contributed by atoms with Crippen molar-refractivity contribution in [3.8, 4) is 5.75 Å². The highest BCUT2D eigenvalue weighted by Gasteiger charge is 2.35. The highest BCUT2D eigenvalue weighted by Crippen LogP contribution is 2.38. The van der Waals surface area contributed by atoms with Crippen LogP contribution in [0.5, 0.6) is 5.75 Å². The molecule has 0 heterocycles. The van der Waals surface area contributed by atoms with Gasteiger partial charge in [0.25, 0.3) is 0 Å². The third-order valence-electron chi connectivity index (χ3n) is 4.64. The molecule has 0 amide bonds. The molecule has 20 heavy (non-hydrogen) atoms. The molecule has 0 aromatic heterocycles. The molecule has 1 aliphatic rings. The minimum Gasteiger partial charge on any atom is -0.487 e. The zero-order valence-corrected chi connectivity index (χ0v) is 13.2. The molecule has 1 aromatic rings. The molecule has 1 N–H and O–H groups in total. The zero-order valence-electron chi connectivity index (χ0n) is 13.2. The van der Waals surface area contributed by atoms with Crippen molar-refractivity contribution in [2.45, 2.75) is 71.5 Å².